The SMILES string of the molecule is CCCn1cc(-c2ccc(C3CC(c4c(-c5ccccc5)c5cc(Cl)ccc5[nH]c4=O)=NN3C(C)=O)cc2)cn1. The van der Waals surface area contributed by atoms with E-state index in [0.29, 0.717) is 28.2 Å². The van der Waals surface area contributed by atoms with Crippen molar-refractivity contribution < 1.29 is 4.79 Å². The highest BCUT2D eigenvalue weighted by Crippen LogP contribution is 2.38. The van der Waals surface area contributed by atoms with Crippen molar-refractivity contribution in [2.75, 3.05) is 0 Å². The van der Waals surface area contributed by atoms with Crippen LogP contribution in [0.15, 0.2) is 95.1 Å². The summed E-state index contributed by atoms with van der Waals surface area (Å²) in [6, 6.07) is 23.0. The van der Waals surface area contributed by atoms with E-state index in [1.807, 2.05) is 83.8 Å². The van der Waals surface area contributed by atoms with Gasteiger partial charge in [0.05, 0.1) is 23.5 Å². The fourth-order valence-electron chi connectivity index (χ4n) is 5.42. The highest BCUT2D eigenvalue weighted by Gasteiger charge is 2.34. The number of aromatic amines is 1. The molecule has 0 fully saturated rings. The number of fused-ring (bicyclic) bond motifs is 1. The van der Waals surface area contributed by atoms with Gasteiger partial charge in [-0.2, -0.15) is 10.2 Å². The van der Waals surface area contributed by atoms with Crippen LogP contribution < -0.4 is 5.56 Å². The first kappa shape index (κ1) is 25.8. The van der Waals surface area contributed by atoms with Gasteiger partial charge in [-0.1, -0.05) is 73.1 Å². The second-order valence-electron chi connectivity index (χ2n) is 10.0. The smallest absolute Gasteiger partial charge is 0.258 e. The molecular formula is C32H28ClN5O2. The van der Waals surface area contributed by atoms with Crippen molar-refractivity contribution in [2.45, 2.75) is 39.3 Å². The van der Waals surface area contributed by atoms with Gasteiger partial charge in [-0.3, -0.25) is 14.3 Å². The summed E-state index contributed by atoms with van der Waals surface area (Å²) in [5, 5.41) is 12.0. The number of aromatic nitrogens is 3. The summed E-state index contributed by atoms with van der Waals surface area (Å²) in [5.74, 6) is -0.188. The number of rotatable bonds is 6. The number of halogens is 1. The third-order valence-corrected chi connectivity index (χ3v) is 7.51. The summed E-state index contributed by atoms with van der Waals surface area (Å²) >= 11 is 6.39. The van der Waals surface area contributed by atoms with Crippen LogP contribution in [0.2, 0.25) is 5.02 Å². The summed E-state index contributed by atoms with van der Waals surface area (Å²) in [6.45, 7) is 4.50. The maximum absolute atomic E-state index is 13.6. The van der Waals surface area contributed by atoms with Crippen molar-refractivity contribution >= 4 is 34.1 Å². The van der Waals surface area contributed by atoms with Crippen molar-refractivity contribution in [3.63, 3.8) is 0 Å². The summed E-state index contributed by atoms with van der Waals surface area (Å²) in [6.07, 6.45) is 5.33. The van der Waals surface area contributed by atoms with Crippen molar-refractivity contribution in [3.05, 3.63) is 112 Å². The fraction of sp³-hybridized carbons (Fsp3) is 0.188. The highest BCUT2D eigenvalue weighted by atomic mass is 35.5. The molecule has 0 radical (unpaired) electrons. The lowest BCUT2D eigenvalue weighted by Gasteiger charge is -2.20. The van der Waals surface area contributed by atoms with E-state index < -0.39 is 0 Å². The van der Waals surface area contributed by atoms with E-state index in [1.165, 1.54) is 11.9 Å². The molecule has 8 heteroatoms. The number of carbonyl (C=O) groups is 1. The Morgan fingerprint density at radius 1 is 1.00 bits per heavy atom. The Labute approximate surface area is 236 Å². The number of hydrazone groups is 1. The molecule has 3 heterocycles. The van der Waals surface area contributed by atoms with Gasteiger partial charge in [-0.25, -0.2) is 5.01 Å². The maximum atomic E-state index is 13.6. The molecule has 1 unspecified atom stereocenters. The Balaban J connectivity index is 1.42. The molecule has 0 saturated carbocycles. The van der Waals surface area contributed by atoms with Crippen molar-refractivity contribution in [1.82, 2.24) is 19.8 Å². The standard InChI is InChI=1S/C32H28ClN5O2/c1-3-15-37-19-24(18-34-37)21-9-11-22(12-10-21)29-17-28(36-38(29)20(2)39)31-30(23-7-5-4-6-8-23)26-16-25(33)13-14-27(26)35-32(31)40/h4-14,16,18-19,29H,3,15,17H2,1-2H3,(H,35,40). The Morgan fingerprint density at radius 3 is 2.50 bits per heavy atom. The first-order chi connectivity index (χ1) is 19.4. The predicted octanol–water partition coefficient (Wildman–Crippen LogP) is 6.82. The minimum absolute atomic E-state index is 0.188. The number of H-pyrrole nitrogens is 1. The van der Waals surface area contributed by atoms with Crippen LogP contribution in [0.4, 0.5) is 0 Å². The molecule has 6 rings (SSSR count). The average molecular weight is 550 g/mol. The molecule has 1 aliphatic heterocycles. The zero-order valence-electron chi connectivity index (χ0n) is 22.3. The molecule has 0 spiro atoms. The van der Waals surface area contributed by atoms with Crippen molar-refractivity contribution in [3.8, 4) is 22.3 Å². The van der Waals surface area contributed by atoms with E-state index >= 15 is 0 Å². The second kappa shape index (κ2) is 10.6. The van der Waals surface area contributed by atoms with Gasteiger partial charge in [-0.15, -0.1) is 0 Å². The van der Waals surface area contributed by atoms with Crippen LogP contribution in [-0.4, -0.2) is 31.4 Å². The predicted molar refractivity (Wildman–Crippen MR) is 159 cm³/mol. The molecule has 1 atom stereocenters. The average Bonchev–Trinajstić information content (AvgIpc) is 3.61. The highest BCUT2D eigenvalue weighted by molar-refractivity contribution is 6.31. The van der Waals surface area contributed by atoms with Crippen molar-refractivity contribution in [1.29, 1.82) is 0 Å². The lowest BCUT2D eigenvalue weighted by Crippen LogP contribution is -2.24. The molecular weight excluding hydrogens is 522 g/mol. The normalized spacial score (nSPS) is 15.0. The Kier molecular flexibility index (Phi) is 6.82. The molecule has 5 aromatic rings. The molecule has 200 valence electrons. The molecule has 7 nitrogen and oxygen atoms in total. The molecule has 2 aromatic heterocycles. The summed E-state index contributed by atoms with van der Waals surface area (Å²) < 4.78 is 1.94. The number of nitrogens with one attached hydrogen (secondary N) is 1. The second-order valence-corrected chi connectivity index (χ2v) is 10.4. The summed E-state index contributed by atoms with van der Waals surface area (Å²) in [5.41, 5.74) is 6.12. The zero-order valence-corrected chi connectivity index (χ0v) is 23.0. The molecule has 40 heavy (non-hydrogen) atoms. The van der Waals surface area contributed by atoms with E-state index in [-0.39, 0.29) is 17.5 Å². The van der Waals surface area contributed by atoms with Gasteiger partial charge in [-0.05, 0) is 41.3 Å². The Morgan fingerprint density at radius 2 is 1.77 bits per heavy atom. The van der Waals surface area contributed by atoms with Crippen LogP contribution in [0.25, 0.3) is 33.2 Å². The first-order valence-electron chi connectivity index (χ1n) is 13.3. The van der Waals surface area contributed by atoms with Gasteiger partial charge in [0, 0.05) is 53.1 Å². The quantitative estimate of drug-likeness (QED) is 0.252. The number of pyridine rings is 1. The molecule has 1 aliphatic rings. The number of nitrogens with zero attached hydrogens (tertiary/aromatic N) is 4. The minimum atomic E-state index is -0.331. The topological polar surface area (TPSA) is 83.4 Å². The molecule has 0 aliphatic carbocycles. The maximum Gasteiger partial charge on any atom is 0.258 e. The van der Waals surface area contributed by atoms with E-state index in [0.717, 1.165) is 46.2 Å². The third-order valence-electron chi connectivity index (χ3n) is 7.27. The zero-order chi connectivity index (χ0) is 27.8. The van der Waals surface area contributed by atoms with E-state index in [1.54, 1.807) is 6.07 Å². The van der Waals surface area contributed by atoms with Gasteiger partial charge < -0.3 is 4.98 Å². The molecule has 1 amide bonds. The van der Waals surface area contributed by atoms with Gasteiger partial charge >= 0.3 is 0 Å². The molecule has 0 saturated heterocycles. The van der Waals surface area contributed by atoms with E-state index in [9.17, 15) is 9.59 Å². The number of carbonyl (C=O) groups excluding carboxylic acids is 1. The number of amides is 1. The van der Waals surface area contributed by atoms with Crippen LogP contribution in [0, 0.1) is 0 Å². The molecule has 0 bridgehead atoms. The first-order valence-corrected chi connectivity index (χ1v) is 13.7. The van der Waals surface area contributed by atoms with Gasteiger partial charge in [0.25, 0.3) is 5.56 Å². The van der Waals surface area contributed by atoms with Crippen LogP contribution in [0.5, 0.6) is 0 Å². The molecule has 3 aromatic carbocycles. The monoisotopic (exact) mass is 549 g/mol. The molecule has 1 N–H and O–H groups in total. The van der Waals surface area contributed by atoms with Crippen LogP contribution in [0.1, 0.15) is 43.9 Å². The number of hydrogen-bond donors (Lipinski definition) is 1. The number of benzene rings is 3. The van der Waals surface area contributed by atoms with Gasteiger partial charge in [0.1, 0.15) is 0 Å². The number of hydrogen-bond acceptors (Lipinski definition) is 4. The number of aryl methyl sites for hydroxylation is 1. The Bertz CT molecular complexity index is 1810. The van der Waals surface area contributed by atoms with E-state index in [4.69, 9.17) is 16.7 Å². The fourth-order valence-corrected chi connectivity index (χ4v) is 5.59. The van der Waals surface area contributed by atoms with Crippen LogP contribution in [-0.2, 0) is 11.3 Å². The lowest BCUT2D eigenvalue weighted by molar-refractivity contribution is -0.130. The Hall–Kier alpha value is -4.49. The van der Waals surface area contributed by atoms with Crippen LogP contribution in [0.3, 0.4) is 0 Å². The summed E-state index contributed by atoms with van der Waals surface area (Å²) in [7, 11) is 0. The summed E-state index contributed by atoms with van der Waals surface area (Å²) in [4.78, 5) is 29.4. The third kappa shape index (κ3) is 4.73. The van der Waals surface area contributed by atoms with Gasteiger partial charge in [0.15, 0.2) is 0 Å². The lowest BCUT2D eigenvalue weighted by atomic mass is 9.91. The van der Waals surface area contributed by atoms with Gasteiger partial charge in [0.2, 0.25) is 5.91 Å². The minimum Gasteiger partial charge on any atom is -0.321 e. The largest absolute Gasteiger partial charge is 0.321 e. The van der Waals surface area contributed by atoms with Crippen molar-refractivity contribution in [2.24, 2.45) is 5.10 Å². The van der Waals surface area contributed by atoms with E-state index in [2.05, 4.69) is 17.0 Å². The van der Waals surface area contributed by atoms with Crippen LogP contribution >= 0.6 is 11.6 Å².